The molecule has 0 aliphatic rings. The summed E-state index contributed by atoms with van der Waals surface area (Å²) in [6.07, 6.45) is 0.695. The second-order valence-electron chi connectivity index (χ2n) is 5.87. The number of Topliss-reactive ketones (excluding diaryl/α,β-unsaturated/α-hetero) is 2. The monoisotopic (exact) mass is 447 g/mol. The van der Waals surface area contributed by atoms with Crippen LogP contribution in [0.5, 0.6) is 0 Å². The van der Waals surface area contributed by atoms with Gasteiger partial charge in [-0.3, -0.25) is 14.4 Å². The number of ketones is 2. The van der Waals surface area contributed by atoms with E-state index in [1.165, 1.54) is 13.8 Å². The Kier molecular flexibility index (Phi) is 14.8. The Morgan fingerprint density at radius 3 is 2.19 bits per heavy atom. The maximum Gasteiger partial charge on any atom is 1.00 e. The van der Waals surface area contributed by atoms with Crippen molar-refractivity contribution < 1.29 is 86.8 Å². The van der Waals surface area contributed by atoms with E-state index < -0.39 is 0 Å². The van der Waals surface area contributed by atoms with Crippen molar-refractivity contribution in [3.8, 4) is 0 Å². The van der Waals surface area contributed by atoms with Crippen LogP contribution in [0.2, 0.25) is 0 Å². The van der Waals surface area contributed by atoms with Gasteiger partial charge in [-0.15, -0.1) is 6.54 Å². The normalized spacial score (nSPS) is 9.85. The van der Waals surface area contributed by atoms with Crippen LogP contribution in [0.1, 0.15) is 37.8 Å². The van der Waals surface area contributed by atoms with Crippen molar-refractivity contribution in [1.82, 2.24) is 0 Å². The van der Waals surface area contributed by atoms with Gasteiger partial charge >= 0.3 is 64.2 Å². The Bertz CT molecular complexity index is 630. The number of ether oxygens (including phenoxy) is 2. The molecule has 7 nitrogen and oxygen atoms in total. The maximum absolute atomic E-state index is 11.6. The van der Waals surface area contributed by atoms with Crippen LogP contribution in [0.3, 0.4) is 0 Å². The zero-order chi connectivity index (χ0) is 19.4. The first kappa shape index (κ1) is 26.3. The van der Waals surface area contributed by atoms with Gasteiger partial charge in [0.25, 0.3) is 0 Å². The SMILES string of the molecule is CC(=O)CC(=O)Cc1ccc(C[N-]C(=O)COCCCOC(C)=O)cc1.[Rb+]. The minimum atomic E-state index is -0.363. The van der Waals surface area contributed by atoms with Crippen LogP contribution in [0.25, 0.3) is 5.32 Å². The van der Waals surface area contributed by atoms with Crippen molar-refractivity contribution in [3.05, 3.63) is 40.7 Å². The summed E-state index contributed by atoms with van der Waals surface area (Å²) in [6, 6.07) is 7.18. The fourth-order valence-corrected chi connectivity index (χ4v) is 2.09. The third-order valence-electron chi connectivity index (χ3n) is 3.27. The van der Waals surface area contributed by atoms with Crippen molar-refractivity contribution in [2.75, 3.05) is 19.8 Å². The van der Waals surface area contributed by atoms with Crippen molar-refractivity contribution in [1.29, 1.82) is 0 Å². The number of benzene rings is 1. The molecule has 0 unspecified atom stereocenters. The summed E-state index contributed by atoms with van der Waals surface area (Å²) in [6.45, 7) is 3.43. The van der Waals surface area contributed by atoms with Crippen LogP contribution in [0.4, 0.5) is 0 Å². The molecule has 0 atom stereocenters. The molecular weight excluding hydrogens is 424 g/mol. The van der Waals surface area contributed by atoms with E-state index >= 15 is 0 Å². The summed E-state index contributed by atoms with van der Waals surface area (Å²) in [5.41, 5.74) is 1.67. The van der Waals surface area contributed by atoms with Gasteiger partial charge in [0.1, 0.15) is 11.6 Å². The van der Waals surface area contributed by atoms with E-state index in [0.29, 0.717) is 13.0 Å². The van der Waals surface area contributed by atoms with Crippen LogP contribution in [0, 0.1) is 0 Å². The fourth-order valence-electron chi connectivity index (χ4n) is 2.09. The third-order valence-corrected chi connectivity index (χ3v) is 3.27. The molecule has 0 aliphatic heterocycles. The summed E-state index contributed by atoms with van der Waals surface area (Å²) in [7, 11) is 0. The summed E-state index contributed by atoms with van der Waals surface area (Å²) in [5.74, 6) is -0.961. The number of amides is 1. The van der Waals surface area contributed by atoms with E-state index in [4.69, 9.17) is 9.47 Å². The van der Waals surface area contributed by atoms with Gasteiger partial charge in [-0.25, -0.2) is 0 Å². The molecule has 0 radical (unpaired) electrons. The molecule has 0 fully saturated rings. The summed E-state index contributed by atoms with van der Waals surface area (Å²) in [5, 5.41) is 3.91. The van der Waals surface area contributed by atoms with Gasteiger partial charge in [-0.2, -0.15) is 0 Å². The fraction of sp³-hybridized carbons (Fsp3) is 0.474. The van der Waals surface area contributed by atoms with Gasteiger partial charge in [-0.05, 0) is 12.5 Å². The number of hydrogen-bond acceptors (Lipinski definition) is 6. The largest absolute Gasteiger partial charge is 1.00 e. The molecule has 1 amide bonds. The van der Waals surface area contributed by atoms with Gasteiger partial charge < -0.3 is 19.6 Å². The van der Waals surface area contributed by atoms with Gasteiger partial charge in [0.15, 0.2) is 0 Å². The van der Waals surface area contributed by atoms with Crippen LogP contribution < -0.4 is 58.2 Å². The zero-order valence-electron chi connectivity index (χ0n) is 16.2. The number of esters is 1. The van der Waals surface area contributed by atoms with E-state index in [1.807, 2.05) is 0 Å². The zero-order valence-corrected chi connectivity index (χ0v) is 21.1. The minimum Gasteiger partial charge on any atom is -0.648 e. The van der Waals surface area contributed by atoms with Crippen molar-refractivity contribution in [2.24, 2.45) is 0 Å². The van der Waals surface area contributed by atoms with Crippen LogP contribution >= 0.6 is 0 Å². The third kappa shape index (κ3) is 14.0. The Hall–Kier alpha value is -0.735. The number of carbonyl (C=O) groups excluding carboxylic acids is 4. The number of rotatable bonds is 12. The molecular formula is C19H24NO6Rb. The van der Waals surface area contributed by atoms with E-state index in [0.717, 1.165) is 11.1 Å². The van der Waals surface area contributed by atoms with Crippen molar-refractivity contribution in [2.45, 2.75) is 39.7 Å². The molecule has 0 aromatic heterocycles. The summed E-state index contributed by atoms with van der Waals surface area (Å²) >= 11 is 0. The first-order chi connectivity index (χ1) is 12.4. The molecule has 0 bridgehead atoms. The summed E-state index contributed by atoms with van der Waals surface area (Å²) in [4.78, 5) is 44.7. The van der Waals surface area contributed by atoms with Crippen molar-refractivity contribution in [3.63, 3.8) is 0 Å². The molecule has 8 heteroatoms. The van der Waals surface area contributed by atoms with E-state index in [9.17, 15) is 19.2 Å². The average Bonchev–Trinajstić information content (AvgIpc) is 2.56. The van der Waals surface area contributed by atoms with E-state index in [-0.39, 0.29) is 114 Å². The summed E-state index contributed by atoms with van der Waals surface area (Å²) < 4.78 is 9.90. The van der Waals surface area contributed by atoms with E-state index in [1.54, 1.807) is 24.3 Å². The molecule has 1 aromatic rings. The van der Waals surface area contributed by atoms with Crippen LogP contribution in [-0.2, 0) is 41.6 Å². The molecule has 0 saturated carbocycles. The Morgan fingerprint density at radius 2 is 1.59 bits per heavy atom. The van der Waals surface area contributed by atoms with Gasteiger partial charge in [-0.1, -0.05) is 29.8 Å². The predicted octanol–water partition coefficient (Wildman–Crippen LogP) is -0.849. The second-order valence-corrected chi connectivity index (χ2v) is 5.87. The van der Waals surface area contributed by atoms with Crippen molar-refractivity contribution >= 4 is 23.4 Å². The topological polar surface area (TPSA) is 101 Å². The van der Waals surface area contributed by atoms with Gasteiger partial charge in [0, 0.05) is 19.8 Å². The molecule has 0 saturated heterocycles. The molecule has 1 aromatic carbocycles. The molecule has 0 N–H and O–H groups in total. The second kappa shape index (κ2) is 15.2. The number of carbonyl (C=O) groups is 4. The molecule has 1 rings (SSSR count). The Morgan fingerprint density at radius 1 is 0.963 bits per heavy atom. The Labute approximate surface area is 208 Å². The minimum absolute atomic E-state index is 0. The smallest absolute Gasteiger partial charge is 0.648 e. The van der Waals surface area contributed by atoms with Gasteiger partial charge in [0.2, 0.25) is 0 Å². The van der Waals surface area contributed by atoms with Crippen LogP contribution in [-0.4, -0.2) is 43.3 Å². The molecule has 0 spiro atoms. The molecule has 0 heterocycles. The molecule has 142 valence electrons. The molecule has 0 aliphatic carbocycles. The number of hydrogen-bond donors (Lipinski definition) is 0. The maximum atomic E-state index is 11.6. The predicted molar refractivity (Wildman–Crippen MR) is 94.6 cm³/mol. The van der Waals surface area contributed by atoms with E-state index in [2.05, 4.69) is 5.32 Å². The number of nitrogens with zero attached hydrogens (tertiary/aromatic N) is 1. The average molecular weight is 448 g/mol. The quantitative estimate of drug-likeness (QED) is 0.235. The first-order valence-electron chi connectivity index (χ1n) is 8.37. The van der Waals surface area contributed by atoms with Crippen LogP contribution in [0.15, 0.2) is 24.3 Å². The Balaban J connectivity index is 0.00000676. The first-order valence-corrected chi connectivity index (χ1v) is 8.37. The van der Waals surface area contributed by atoms with Gasteiger partial charge in [0.05, 0.1) is 32.1 Å². The molecule has 27 heavy (non-hydrogen) atoms. The standard InChI is InChI=1S/C19H25NO6.Rb/c1-14(21)10-18(23)11-16-4-6-17(7-5-16)12-20-19(24)13-25-8-3-9-26-15(2)22;/h4-7H,3,8-13H2,1-2H3,(H,20,24);/q;+1/p-1.